The number of thiophene rings is 1. The van der Waals surface area contributed by atoms with E-state index in [9.17, 15) is 9.90 Å². The van der Waals surface area contributed by atoms with Gasteiger partial charge in [0.15, 0.2) is 0 Å². The van der Waals surface area contributed by atoms with E-state index in [0.29, 0.717) is 6.42 Å². The van der Waals surface area contributed by atoms with E-state index in [1.54, 1.807) is 0 Å². The third kappa shape index (κ3) is 5.50. The van der Waals surface area contributed by atoms with E-state index in [2.05, 4.69) is 5.32 Å². The summed E-state index contributed by atoms with van der Waals surface area (Å²) in [6.45, 7) is 2.19. The van der Waals surface area contributed by atoms with Crippen LogP contribution in [0.5, 0.6) is 0 Å². The fraction of sp³-hybridized carbons (Fsp3) is 0.545. The largest absolute Gasteiger partial charge is 0.387 e. The van der Waals surface area contributed by atoms with Gasteiger partial charge in [0.1, 0.15) is 0 Å². The highest BCUT2D eigenvalue weighted by Crippen LogP contribution is 2.14. The Bertz CT molecular complexity index is 319. The van der Waals surface area contributed by atoms with Crippen molar-refractivity contribution in [2.24, 2.45) is 5.73 Å². The number of rotatable bonds is 6. The van der Waals surface area contributed by atoms with Crippen molar-refractivity contribution >= 4 is 29.7 Å². The minimum absolute atomic E-state index is 0. The molecule has 0 aromatic carbocycles. The molecule has 6 heteroatoms. The third-order valence-electron chi connectivity index (χ3n) is 2.33. The molecule has 2 unspecified atom stereocenters. The normalized spacial score (nSPS) is 13.6. The summed E-state index contributed by atoms with van der Waals surface area (Å²) in [5, 5.41) is 16.1. The van der Waals surface area contributed by atoms with Crippen molar-refractivity contribution in [2.45, 2.75) is 31.9 Å². The fourth-order valence-electron chi connectivity index (χ4n) is 1.35. The van der Waals surface area contributed by atoms with E-state index in [-0.39, 0.29) is 24.9 Å². The van der Waals surface area contributed by atoms with Crippen LogP contribution in [-0.4, -0.2) is 23.6 Å². The van der Waals surface area contributed by atoms with Gasteiger partial charge < -0.3 is 16.2 Å². The molecule has 4 nitrogen and oxygen atoms in total. The van der Waals surface area contributed by atoms with Crippen molar-refractivity contribution in [2.75, 3.05) is 6.54 Å². The standard InChI is InChI=1S/C11H18N2O2S.ClH/c1-2-3-9(12)11(15)13-6-10(14)8-4-5-16-7-8;/h4-5,7,9-10,14H,2-3,6,12H2,1H3,(H,13,15);1H. The molecule has 0 saturated carbocycles. The van der Waals surface area contributed by atoms with E-state index >= 15 is 0 Å². The Balaban J connectivity index is 0.00000256. The molecule has 0 fully saturated rings. The van der Waals surface area contributed by atoms with Gasteiger partial charge in [-0.3, -0.25) is 4.79 Å². The highest BCUT2D eigenvalue weighted by molar-refractivity contribution is 7.07. The quantitative estimate of drug-likeness (QED) is 0.737. The maximum Gasteiger partial charge on any atom is 0.237 e. The Kier molecular flexibility index (Phi) is 8.16. The zero-order valence-corrected chi connectivity index (χ0v) is 11.4. The number of carbonyl (C=O) groups excluding carboxylic acids is 1. The summed E-state index contributed by atoms with van der Waals surface area (Å²) >= 11 is 1.52. The predicted molar refractivity (Wildman–Crippen MR) is 72.4 cm³/mol. The fourth-order valence-corrected chi connectivity index (χ4v) is 2.06. The first-order valence-corrected chi connectivity index (χ1v) is 6.33. The molecule has 1 amide bonds. The number of halogens is 1. The number of nitrogens with two attached hydrogens (primary N) is 1. The van der Waals surface area contributed by atoms with Crippen molar-refractivity contribution in [3.8, 4) is 0 Å². The monoisotopic (exact) mass is 278 g/mol. The maximum absolute atomic E-state index is 11.5. The van der Waals surface area contributed by atoms with E-state index in [1.165, 1.54) is 11.3 Å². The number of hydrogen-bond donors (Lipinski definition) is 3. The van der Waals surface area contributed by atoms with Crippen molar-refractivity contribution in [3.05, 3.63) is 22.4 Å². The van der Waals surface area contributed by atoms with Crippen LogP contribution in [0.1, 0.15) is 31.4 Å². The molecule has 0 saturated heterocycles. The second-order valence-corrected chi connectivity index (χ2v) is 4.49. The molecule has 1 rings (SSSR count). The van der Waals surface area contributed by atoms with Crippen LogP contribution in [-0.2, 0) is 4.79 Å². The number of hydrogen-bond acceptors (Lipinski definition) is 4. The highest BCUT2D eigenvalue weighted by Gasteiger charge is 2.14. The summed E-state index contributed by atoms with van der Waals surface area (Å²) in [5.74, 6) is -0.198. The van der Waals surface area contributed by atoms with Crippen LogP contribution in [0.3, 0.4) is 0 Å². The number of nitrogens with one attached hydrogen (secondary N) is 1. The average Bonchev–Trinajstić information content (AvgIpc) is 2.79. The molecule has 0 spiro atoms. The lowest BCUT2D eigenvalue weighted by Crippen LogP contribution is -2.41. The zero-order valence-electron chi connectivity index (χ0n) is 9.76. The SMILES string of the molecule is CCCC(N)C(=O)NCC(O)c1ccsc1.Cl. The Morgan fingerprint density at radius 1 is 1.65 bits per heavy atom. The second-order valence-electron chi connectivity index (χ2n) is 3.71. The Morgan fingerprint density at radius 3 is 2.88 bits per heavy atom. The molecular formula is C11H19ClN2O2S. The number of amides is 1. The molecule has 1 aromatic heterocycles. The molecule has 0 bridgehead atoms. The van der Waals surface area contributed by atoms with Crippen LogP contribution in [0, 0.1) is 0 Å². The lowest BCUT2D eigenvalue weighted by atomic mass is 10.1. The summed E-state index contributed by atoms with van der Waals surface area (Å²) < 4.78 is 0. The minimum atomic E-state index is -0.649. The summed E-state index contributed by atoms with van der Waals surface area (Å²) in [4.78, 5) is 11.5. The lowest BCUT2D eigenvalue weighted by molar-refractivity contribution is -0.123. The molecular weight excluding hydrogens is 260 g/mol. The zero-order chi connectivity index (χ0) is 12.0. The molecule has 4 N–H and O–H groups in total. The molecule has 98 valence electrons. The van der Waals surface area contributed by atoms with Crippen LogP contribution in [0.2, 0.25) is 0 Å². The second kappa shape index (κ2) is 8.47. The first-order valence-electron chi connectivity index (χ1n) is 5.38. The van der Waals surface area contributed by atoms with Gasteiger partial charge in [0.2, 0.25) is 5.91 Å². The molecule has 1 heterocycles. The first-order chi connectivity index (χ1) is 7.65. The first kappa shape index (κ1) is 16.4. The van der Waals surface area contributed by atoms with Crippen LogP contribution >= 0.6 is 23.7 Å². The molecule has 0 aliphatic rings. The van der Waals surface area contributed by atoms with Gasteiger partial charge >= 0.3 is 0 Å². The van der Waals surface area contributed by atoms with E-state index in [4.69, 9.17) is 5.73 Å². The van der Waals surface area contributed by atoms with Crippen molar-refractivity contribution < 1.29 is 9.90 Å². The summed E-state index contributed by atoms with van der Waals surface area (Å²) in [7, 11) is 0. The van der Waals surface area contributed by atoms with Crippen molar-refractivity contribution in [1.29, 1.82) is 0 Å². The lowest BCUT2D eigenvalue weighted by Gasteiger charge is -2.14. The number of aliphatic hydroxyl groups is 1. The molecule has 0 aliphatic heterocycles. The maximum atomic E-state index is 11.5. The molecule has 0 aliphatic carbocycles. The summed E-state index contributed by atoms with van der Waals surface area (Å²) in [6, 6.07) is 1.37. The average molecular weight is 279 g/mol. The van der Waals surface area contributed by atoms with Gasteiger partial charge in [0.05, 0.1) is 12.1 Å². The Labute approximate surface area is 112 Å². The van der Waals surface area contributed by atoms with Gasteiger partial charge in [-0.25, -0.2) is 0 Å². The van der Waals surface area contributed by atoms with Crippen molar-refractivity contribution in [1.82, 2.24) is 5.32 Å². The topological polar surface area (TPSA) is 75.4 Å². The van der Waals surface area contributed by atoms with E-state index in [0.717, 1.165) is 12.0 Å². The number of carbonyl (C=O) groups is 1. The van der Waals surface area contributed by atoms with Gasteiger partial charge in [-0.05, 0) is 28.8 Å². The highest BCUT2D eigenvalue weighted by atomic mass is 35.5. The van der Waals surface area contributed by atoms with Crippen LogP contribution in [0.15, 0.2) is 16.8 Å². The van der Waals surface area contributed by atoms with Crippen LogP contribution in [0.25, 0.3) is 0 Å². The third-order valence-corrected chi connectivity index (χ3v) is 3.04. The predicted octanol–water partition coefficient (Wildman–Crippen LogP) is 1.45. The smallest absolute Gasteiger partial charge is 0.237 e. The Morgan fingerprint density at radius 2 is 2.35 bits per heavy atom. The van der Waals surface area contributed by atoms with Gasteiger partial charge in [-0.1, -0.05) is 13.3 Å². The van der Waals surface area contributed by atoms with Gasteiger partial charge in [-0.15, -0.1) is 12.4 Å². The minimum Gasteiger partial charge on any atom is -0.387 e. The summed E-state index contributed by atoms with van der Waals surface area (Å²) in [5.41, 5.74) is 6.47. The van der Waals surface area contributed by atoms with Gasteiger partial charge in [-0.2, -0.15) is 11.3 Å². The van der Waals surface area contributed by atoms with E-state index in [1.807, 2.05) is 23.8 Å². The summed E-state index contributed by atoms with van der Waals surface area (Å²) in [6.07, 6.45) is 0.895. The molecule has 2 atom stereocenters. The van der Waals surface area contributed by atoms with Crippen LogP contribution < -0.4 is 11.1 Å². The molecule has 17 heavy (non-hydrogen) atoms. The van der Waals surface area contributed by atoms with Gasteiger partial charge in [0, 0.05) is 6.54 Å². The van der Waals surface area contributed by atoms with Crippen LogP contribution in [0.4, 0.5) is 0 Å². The molecule has 0 radical (unpaired) electrons. The van der Waals surface area contributed by atoms with Gasteiger partial charge in [0.25, 0.3) is 0 Å². The number of aliphatic hydroxyl groups excluding tert-OH is 1. The molecule has 1 aromatic rings. The van der Waals surface area contributed by atoms with Crippen molar-refractivity contribution in [3.63, 3.8) is 0 Å². The van der Waals surface area contributed by atoms with E-state index < -0.39 is 12.1 Å². The Hall–Kier alpha value is -0.620.